The Morgan fingerprint density at radius 3 is 2.08 bits per heavy atom. The number of carboxylic acids is 1. The van der Waals surface area contributed by atoms with Gasteiger partial charge in [0.2, 0.25) is 0 Å². The highest BCUT2D eigenvalue weighted by atomic mass is 19.4. The van der Waals surface area contributed by atoms with Gasteiger partial charge in [-0.25, -0.2) is 9.18 Å². The molecule has 1 amide bonds. The highest BCUT2D eigenvalue weighted by Gasteiger charge is 2.60. The lowest BCUT2D eigenvalue weighted by Gasteiger charge is -2.54. The van der Waals surface area contributed by atoms with Gasteiger partial charge in [-0.3, -0.25) is 9.69 Å². The van der Waals surface area contributed by atoms with E-state index in [1.54, 1.807) is 0 Å². The minimum Gasteiger partial charge on any atom is -0.481 e. The van der Waals surface area contributed by atoms with Crippen molar-refractivity contribution in [1.29, 1.82) is 0 Å². The molecular weight excluding hydrogens is 527 g/mol. The molecule has 3 aliphatic rings. The van der Waals surface area contributed by atoms with Crippen LogP contribution in [0.2, 0.25) is 0 Å². The molecule has 0 radical (unpaired) electrons. The lowest BCUT2D eigenvalue weighted by molar-refractivity contribution is -0.308. The van der Waals surface area contributed by atoms with Gasteiger partial charge in [0.05, 0.1) is 5.92 Å². The van der Waals surface area contributed by atoms with Gasteiger partial charge >= 0.3 is 24.4 Å². The first-order chi connectivity index (χ1) is 17.6. The summed E-state index contributed by atoms with van der Waals surface area (Å²) in [7, 11) is 0. The molecule has 1 aromatic carbocycles. The number of rotatable bonds is 5. The Morgan fingerprint density at radius 2 is 1.55 bits per heavy atom. The van der Waals surface area contributed by atoms with E-state index in [1.165, 1.54) is 12.1 Å². The van der Waals surface area contributed by atoms with Crippen LogP contribution in [-0.4, -0.2) is 84.7 Å². The highest BCUT2D eigenvalue weighted by molar-refractivity contribution is 5.70. The molecule has 0 aliphatic carbocycles. The number of nitrogens with zero attached hydrogens (tertiary/aromatic N) is 3. The minimum absolute atomic E-state index is 0.0223. The third kappa shape index (κ3) is 6.44. The van der Waals surface area contributed by atoms with Crippen LogP contribution in [-0.2, 0) is 16.1 Å². The van der Waals surface area contributed by atoms with E-state index in [0.29, 0.717) is 64.1 Å². The largest absolute Gasteiger partial charge is 0.481 e. The minimum atomic E-state index is -5.76. The molecule has 38 heavy (non-hydrogen) atoms. The van der Waals surface area contributed by atoms with Crippen molar-refractivity contribution in [1.82, 2.24) is 9.80 Å². The van der Waals surface area contributed by atoms with Crippen LogP contribution in [0.5, 0.6) is 0 Å². The Kier molecular flexibility index (Phi) is 7.74. The fourth-order valence-corrected chi connectivity index (χ4v) is 5.54. The number of likely N-dealkylation sites (tertiary alicyclic amines) is 2. The number of hydrogen-bond donors (Lipinski definition) is 1. The lowest BCUT2D eigenvalue weighted by atomic mass is 9.72. The maximum Gasteiger partial charge on any atom is 0.434 e. The van der Waals surface area contributed by atoms with Gasteiger partial charge in [-0.15, -0.1) is 0 Å². The van der Waals surface area contributed by atoms with Crippen LogP contribution in [0.1, 0.15) is 31.2 Å². The van der Waals surface area contributed by atoms with Crippen LogP contribution >= 0.6 is 0 Å². The number of aliphatic carboxylic acids is 1. The Hall–Kier alpha value is -2.77. The van der Waals surface area contributed by atoms with Crippen molar-refractivity contribution < 1.29 is 50.2 Å². The maximum absolute atomic E-state index is 14.3. The molecule has 1 spiro atoms. The third-order valence-corrected chi connectivity index (χ3v) is 7.57. The fraction of sp³-hybridized carbons (Fsp3) is 0.667. The van der Waals surface area contributed by atoms with E-state index in [2.05, 4.69) is 9.64 Å². The van der Waals surface area contributed by atoms with Gasteiger partial charge in [-0.05, 0) is 54.9 Å². The van der Waals surface area contributed by atoms with E-state index >= 15 is 0 Å². The number of benzene rings is 1. The number of hydrogen-bond acceptors (Lipinski definition) is 5. The molecule has 14 heteroatoms. The first-order valence-electron chi connectivity index (χ1n) is 12.2. The molecule has 0 atom stereocenters. The molecule has 0 saturated carbocycles. The van der Waals surface area contributed by atoms with Gasteiger partial charge in [-0.1, -0.05) is 0 Å². The second-order valence-corrected chi connectivity index (χ2v) is 10.4. The summed E-state index contributed by atoms with van der Waals surface area (Å²) in [5.41, 5.74) is 1.20. The number of ether oxygens (including phenoxy) is 1. The van der Waals surface area contributed by atoms with Crippen LogP contribution in [0.4, 0.5) is 41.2 Å². The summed E-state index contributed by atoms with van der Waals surface area (Å²) in [6, 6.07) is 4.71. The topological polar surface area (TPSA) is 73.3 Å². The lowest BCUT2D eigenvalue weighted by Crippen LogP contribution is -2.60. The van der Waals surface area contributed by atoms with Crippen LogP contribution in [0, 0.1) is 17.2 Å². The molecule has 212 valence electrons. The molecule has 1 aromatic rings. The molecule has 0 unspecified atom stereocenters. The number of carboxylic acid groups (broad SMARTS) is 1. The third-order valence-electron chi connectivity index (χ3n) is 7.57. The van der Waals surface area contributed by atoms with Crippen LogP contribution in [0.15, 0.2) is 18.2 Å². The monoisotopic (exact) mass is 555 g/mol. The first-order valence-corrected chi connectivity index (χ1v) is 12.2. The average Bonchev–Trinajstić information content (AvgIpc) is 2.80. The average molecular weight is 555 g/mol. The SMILES string of the molecule is O=C(O)C1CCN(c2cc(F)cc(CN3CC4(CCN(C(=O)OC(C(F)(F)F)C(F)(F)F)CC4)C3)c2)CC1. The molecule has 3 fully saturated rings. The molecule has 3 saturated heterocycles. The molecule has 0 bridgehead atoms. The van der Waals surface area contributed by atoms with Gasteiger partial charge in [0.15, 0.2) is 0 Å². The summed E-state index contributed by atoms with van der Waals surface area (Å²) in [5, 5.41) is 9.16. The molecule has 4 rings (SSSR count). The van der Waals surface area contributed by atoms with Crippen molar-refractivity contribution in [3.63, 3.8) is 0 Å². The van der Waals surface area contributed by atoms with Crippen molar-refractivity contribution in [2.45, 2.75) is 50.7 Å². The van der Waals surface area contributed by atoms with Crippen molar-refractivity contribution in [3.05, 3.63) is 29.6 Å². The molecule has 0 aromatic heterocycles. The number of halogens is 7. The second kappa shape index (κ2) is 10.4. The van der Waals surface area contributed by atoms with E-state index in [-0.39, 0.29) is 18.5 Å². The van der Waals surface area contributed by atoms with E-state index in [0.717, 1.165) is 10.5 Å². The van der Waals surface area contributed by atoms with Gasteiger partial charge in [0.25, 0.3) is 6.10 Å². The summed E-state index contributed by atoms with van der Waals surface area (Å²) < 4.78 is 94.2. The Bertz CT molecular complexity index is 1010. The highest BCUT2D eigenvalue weighted by Crippen LogP contribution is 2.42. The van der Waals surface area contributed by atoms with E-state index < -0.39 is 42.3 Å². The standard InChI is InChI=1S/C24H28F7N3O4/c25-17-9-15(10-18(11-17)33-5-1-16(2-6-33)19(35)36)12-32-13-22(14-32)3-7-34(8-4-22)21(37)38-20(23(26,27)28)24(29,30)31/h9-11,16,20H,1-8,12-14H2,(H,35,36). The first kappa shape index (κ1) is 28.2. The number of alkyl halides is 6. The van der Waals surface area contributed by atoms with Crippen molar-refractivity contribution in [2.75, 3.05) is 44.2 Å². The van der Waals surface area contributed by atoms with Crippen LogP contribution in [0.3, 0.4) is 0 Å². The zero-order chi connectivity index (χ0) is 27.9. The number of piperidine rings is 2. The Morgan fingerprint density at radius 1 is 0.974 bits per heavy atom. The number of amides is 1. The predicted octanol–water partition coefficient (Wildman–Crippen LogP) is 4.65. The molecule has 3 aliphatic heterocycles. The van der Waals surface area contributed by atoms with Crippen molar-refractivity contribution in [3.8, 4) is 0 Å². The van der Waals surface area contributed by atoms with Gasteiger partial charge < -0.3 is 19.6 Å². The Balaban J connectivity index is 1.27. The van der Waals surface area contributed by atoms with Crippen LogP contribution in [0.25, 0.3) is 0 Å². The maximum atomic E-state index is 14.3. The van der Waals surface area contributed by atoms with Crippen molar-refractivity contribution in [2.24, 2.45) is 11.3 Å². The van der Waals surface area contributed by atoms with Crippen molar-refractivity contribution >= 4 is 17.7 Å². The van der Waals surface area contributed by atoms with E-state index in [1.807, 2.05) is 11.0 Å². The summed E-state index contributed by atoms with van der Waals surface area (Å²) in [6.07, 6.45) is -15.6. The zero-order valence-corrected chi connectivity index (χ0v) is 20.3. The second-order valence-electron chi connectivity index (χ2n) is 10.4. The molecule has 3 heterocycles. The fourth-order valence-electron chi connectivity index (χ4n) is 5.54. The number of carbonyl (C=O) groups excluding carboxylic acids is 1. The van der Waals surface area contributed by atoms with Gasteiger partial charge in [0, 0.05) is 51.5 Å². The van der Waals surface area contributed by atoms with E-state index in [4.69, 9.17) is 5.11 Å². The predicted molar refractivity (Wildman–Crippen MR) is 120 cm³/mol. The van der Waals surface area contributed by atoms with Crippen LogP contribution < -0.4 is 4.90 Å². The summed E-state index contributed by atoms with van der Waals surface area (Å²) >= 11 is 0. The van der Waals surface area contributed by atoms with Gasteiger partial charge in [-0.2, -0.15) is 26.3 Å². The number of carbonyl (C=O) groups is 2. The zero-order valence-electron chi connectivity index (χ0n) is 20.3. The molecule has 7 nitrogen and oxygen atoms in total. The normalized spacial score (nSPS) is 21.1. The summed E-state index contributed by atoms with van der Waals surface area (Å²) in [6.45, 7) is 2.62. The Labute approximate surface area is 214 Å². The quantitative estimate of drug-likeness (QED) is 0.534. The number of anilines is 1. The summed E-state index contributed by atoms with van der Waals surface area (Å²) in [4.78, 5) is 28.1. The smallest absolute Gasteiger partial charge is 0.434 e. The molecular formula is C24H28F7N3O4. The summed E-state index contributed by atoms with van der Waals surface area (Å²) in [5.74, 6) is -1.64. The van der Waals surface area contributed by atoms with E-state index in [9.17, 15) is 40.3 Å². The molecule has 1 N–H and O–H groups in total. The van der Waals surface area contributed by atoms with Gasteiger partial charge in [0.1, 0.15) is 5.82 Å².